The van der Waals surface area contributed by atoms with Gasteiger partial charge in [0.15, 0.2) is 0 Å². The van der Waals surface area contributed by atoms with Crippen LogP contribution >= 0.6 is 0 Å². The first-order valence-corrected chi connectivity index (χ1v) is 9.12. The molecule has 2 N–H and O–H groups in total. The summed E-state index contributed by atoms with van der Waals surface area (Å²) >= 11 is 0. The highest BCUT2D eigenvalue weighted by molar-refractivity contribution is 6.45. The molecule has 124 valence electrons. The van der Waals surface area contributed by atoms with Crippen LogP contribution in [0.2, 0.25) is 0 Å². The van der Waals surface area contributed by atoms with Crippen molar-refractivity contribution in [1.29, 1.82) is 0 Å². The standard InChI is InChI=1S/C25H13NO/c26-25(27)18-11-16-8-7-14-4-2-12-1-3-13-5-6-15-9-10-17(18)24-22(15)20(13)19(12)21(14)23(16)24/h1-11H,(H2,26,27). The zero-order valence-corrected chi connectivity index (χ0v) is 14.3. The Bertz CT molecular complexity index is 1630. The summed E-state index contributed by atoms with van der Waals surface area (Å²) in [6.45, 7) is 0. The van der Waals surface area contributed by atoms with Gasteiger partial charge in [0.25, 0.3) is 0 Å². The van der Waals surface area contributed by atoms with Gasteiger partial charge in [0, 0.05) is 5.56 Å². The minimum Gasteiger partial charge on any atom is -0.366 e. The molecule has 0 aromatic heterocycles. The summed E-state index contributed by atoms with van der Waals surface area (Å²) in [5, 5.41) is 14.5. The van der Waals surface area contributed by atoms with Gasteiger partial charge in [-0.15, -0.1) is 0 Å². The number of hydrogen-bond acceptors (Lipinski definition) is 1. The Hall–Kier alpha value is -3.65. The average molecular weight is 343 g/mol. The van der Waals surface area contributed by atoms with Crippen LogP contribution in [-0.4, -0.2) is 5.91 Å². The number of rotatable bonds is 1. The van der Waals surface area contributed by atoms with Crippen molar-refractivity contribution in [2.24, 2.45) is 5.73 Å². The molecule has 27 heavy (non-hydrogen) atoms. The summed E-state index contributed by atoms with van der Waals surface area (Å²) in [4.78, 5) is 12.2. The van der Waals surface area contributed by atoms with Crippen LogP contribution in [0.5, 0.6) is 0 Å². The molecule has 0 saturated carbocycles. The van der Waals surface area contributed by atoms with Gasteiger partial charge in [-0.05, 0) is 70.7 Å². The third-order valence-electron chi connectivity index (χ3n) is 6.27. The van der Waals surface area contributed by atoms with Gasteiger partial charge in [-0.25, -0.2) is 0 Å². The minimum atomic E-state index is -0.374. The average Bonchev–Trinajstić information content (AvgIpc) is 2.71. The van der Waals surface area contributed by atoms with E-state index in [1.165, 1.54) is 53.9 Å². The number of hydrogen-bond donors (Lipinski definition) is 1. The van der Waals surface area contributed by atoms with Gasteiger partial charge >= 0.3 is 0 Å². The van der Waals surface area contributed by atoms with Crippen molar-refractivity contribution in [1.82, 2.24) is 0 Å². The number of carbonyl (C=O) groups is 1. The molecule has 1 amide bonds. The van der Waals surface area contributed by atoms with Gasteiger partial charge < -0.3 is 5.73 Å². The number of carbonyl (C=O) groups excluding carboxylic acids is 1. The van der Waals surface area contributed by atoms with Crippen molar-refractivity contribution in [2.75, 3.05) is 0 Å². The summed E-state index contributed by atoms with van der Waals surface area (Å²) in [5.74, 6) is -0.374. The lowest BCUT2D eigenvalue weighted by atomic mass is 9.82. The smallest absolute Gasteiger partial charge is 0.249 e. The molecule has 0 bridgehead atoms. The molecule has 0 radical (unpaired) electrons. The van der Waals surface area contributed by atoms with Crippen molar-refractivity contribution in [3.8, 4) is 0 Å². The van der Waals surface area contributed by atoms with Gasteiger partial charge in [-0.2, -0.15) is 0 Å². The first-order chi connectivity index (χ1) is 13.2. The number of primary amides is 1. The molecule has 7 aromatic rings. The van der Waals surface area contributed by atoms with E-state index in [1.54, 1.807) is 0 Å². The van der Waals surface area contributed by atoms with E-state index < -0.39 is 0 Å². The van der Waals surface area contributed by atoms with Gasteiger partial charge in [-0.3, -0.25) is 4.79 Å². The molecule has 7 aromatic carbocycles. The highest BCUT2D eigenvalue weighted by atomic mass is 16.1. The molecule has 0 fully saturated rings. The maximum absolute atomic E-state index is 12.2. The van der Waals surface area contributed by atoms with E-state index in [0.29, 0.717) is 5.56 Å². The molecule has 2 nitrogen and oxygen atoms in total. The van der Waals surface area contributed by atoms with E-state index in [2.05, 4.69) is 60.7 Å². The lowest BCUT2D eigenvalue weighted by molar-refractivity contribution is 0.100. The van der Waals surface area contributed by atoms with Gasteiger partial charge in [0.05, 0.1) is 0 Å². The van der Waals surface area contributed by atoms with Crippen molar-refractivity contribution < 1.29 is 4.79 Å². The summed E-state index contributed by atoms with van der Waals surface area (Å²) in [6, 6.07) is 23.6. The first-order valence-electron chi connectivity index (χ1n) is 9.12. The van der Waals surface area contributed by atoms with Crippen LogP contribution < -0.4 is 5.73 Å². The molecule has 2 heteroatoms. The maximum Gasteiger partial charge on any atom is 0.249 e. The Morgan fingerprint density at radius 2 is 0.889 bits per heavy atom. The predicted octanol–water partition coefficient (Wildman–Crippen LogP) is 6.02. The van der Waals surface area contributed by atoms with Gasteiger partial charge in [0.1, 0.15) is 0 Å². The predicted molar refractivity (Wildman–Crippen MR) is 114 cm³/mol. The molecular formula is C25H13NO. The lowest BCUT2D eigenvalue weighted by Gasteiger charge is -2.21. The van der Waals surface area contributed by atoms with Crippen LogP contribution in [0.4, 0.5) is 0 Å². The SMILES string of the molecule is NC(=O)c1cc2ccc3ccc4ccc5ccc6ccc1c1c6c5c4c3c21. The fourth-order valence-electron chi connectivity index (χ4n) is 5.19. The Labute approximate surface area is 153 Å². The molecule has 7 rings (SSSR count). The largest absolute Gasteiger partial charge is 0.366 e. The number of benzene rings is 7. The monoisotopic (exact) mass is 343 g/mol. The number of nitrogens with two attached hydrogens (primary N) is 1. The molecule has 0 saturated heterocycles. The van der Waals surface area contributed by atoms with Crippen molar-refractivity contribution >= 4 is 70.5 Å². The third-order valence-corrected chi connectivity index (χ3v) is 6.27. The van der Waals surface area contributed by atoms with E-state index in [0.717, 1.165) is 10.8 Å². The fraction of sp³-hybridized carbons (Fsp3) is 0. The highest BCUT2D eigenvalue weighted by Gasteiger charge is 2.22. The topological polar surface area (TPSA) is 43.1 Å². The van der Waals surface area contributed by atoms with Crippen molar-refractivity contribution in [3.05, 3.63) is 72.3 Å². The maximum atomic E-state index is 12.2. The normalized spacial score (nSPS) is 12.7. The zero-order chi connectivity index (χ0) is 17.9. The lowest BCUT2D eigenvalue weighted by Crippen LogP contribution is -2.11. The van der Waals surface area contributed by atoms with Crippen molar-refractivity contribution in [3.63, 3.8) is 0 Å². The van der Waals surface area contributed by atoms with Crippen LogP contribution in [0.1, 0.15) is 10.4 Å². The summed E-state index contributed by atoms with van der Waals surface area (Å²) in [7, 11) is 0. The Morgan fingerprint density at radius 3 is 1.37 bits per heavy atom. The van der Waals surface area contributed by atoms with Crippen LogP contribution in [0.3, 0.4) is 0 Å². The summed E-state index contributed by atoms with van der Waals surface area (Å²) in [5.41, 5.74) is 6.35. The Morgan fingerprint density at radius 1 is 0.519 bits per heavy atom. The summed E-state index contributed by atoms with van der Waals surface area (Å²) in [6.07, 6.45) is 0. The third kappa shape index (κ3) is 1.40. The van der Waals surface area contributed by atoms with E-state index >= 15 is 0 Å². The zero-order valence-electron chi connectivity index (χ0n) is 14.3. The van der Waals surface area contributed by atoms with Crippen molar-refractivity contribution in [2.45, 2.75) is 0 Å². The second-order valence-corrected chi connectivity index (χ2v) is 7.53. The molecule has 0 heterocycles. The molecular weight excluding hydrogens is 330 g/mol. The Balaban J connectivity index is 2.03. The summed E-state index contributed by atoms with van der Waals surface area (Å²) < 4.78 is 0. The van der Waals surface area contributed by atoms with E-state index in [4.69, 9.17) is 5.73 Å². The first kappa shape index (κ1) is 13.5. The van der Waals surface area contributed by atoms with Crippen LogP contribution in [-0.2, 0) is 0 Å². The second kappa shape index (κ2) is 4.18. The molecule has 0 atom stereocenters. The van der Waals surface area contributed by atoms with Crippen LogP contribution in [0, 0.1) is 0 Å². The number of amides is 1. The molecule has 0 aliphatic rings. The highest BCUT2D eigenvalue weighted by Crippen LogP contribution is 2.48. The fourth-order valence-corrected chi connectivity index (χ4v) is 5.19. The molecule has 0 aliphatic carbocycles. The van der Waals surface area contributed by atoms with Crippen LogP contribution in [0.25, 0.3) is 64.6 Å². The Kier molecular flexibility index (Phi) is 2.10. The van der Waals surface area contributed by atoms with E-state index in [1.807, 2.05) is 6.07 Å². The second-order valence-electron chi connectivity index (χ2n) is 7.53. The van der Waals surface area contributed by atoms with E-state index in [-0.39, 0.29) is 5.91 Å². The van der Waals surface area contributed by atoms with Crippen LogP contribution in [0.15, 0.2) is 66.7 Å². The quantitative estimate of drug-likeness (QED) is 0.287. The molecule has 0 unspecified atom stereocenters. The molecule has 0 aliphatic heterocycles. The van der Waals surface area contributed by atoms with Gasteiger partial charge in [-0.1, -0.05) is 60.7 Å². The van der Waals surface area contributed by atoms with E-state index in [9.17, 15) is 4.79 Å². The van der Waals surface area contributed by atoms with Gasteiger partial charge in [0.2, 0.25) is 5.91 Å². The molecule has 0 spiro atoms. The minimum absolute atomic E-state index is 0.374.